The Hall–Kier alpha value is -2.41. The van der Waals surface area contributed by atoms with Crippen LogP contribution < -0.4 is 0 Å². The van der Waals surface area contributed by atoms with Gasteiger partial charge in [0.05, 0.1) is 0 Å². The Morgan fingerprint density at radius 3 is 2.14 bits per heavy atom. The lowest BCUT2D eigenvalue weighted by Gasteiger charge is -2.07. The number of hydrogen-bond donors (Lipinski definition) is 0. The Bertz CT molecular complexity index is 668. The molecule has 0 aromatic heterocycles. The molecule has 0 aliphatic rings. The van der Waals surface area contributed by atoms with Crippen LogP contribution in [-0.4, -0.2) is 5.78 Å². The van der Waals surface area contributed by atoms with E-state index < -0.39 is 0 Å². The first-order valence-corrected chi connectivity index (χ1v) is 7.10. The molecule has 0 aliphatic carbocycles. The predicted molar refractivity (Wildman–Crippen MR) is 89.6 cm³/mol. The number of allylic oxidation sites excluding steroid dienone is 3. The minimum absolute atomic E-state index is 0.0581. The standard InChI is InChI=1S/C20H20O/c1-15-13-16(2)20(17(3)14-15)19(21)12-8-7-11-18-9-5-4-6-10-18/h4-14H,1-3H3/b11-7+,12-8+. The van der Waals surface area contributed by atoms with Crippen molar-refractivity contribution < 1.29 is 4.79 Å². The SMILES string of the molecule is Cc1cc(C)c(C(=O)/C=C/C=C/c2ccccc2)c(C)c1. The van der Waals surface area contributed by atoms with Crippen LogP contribution in [-0.2, 0) is 0 Å². The zero-order chi connectivity index (χ0) is 15.2. The van der Waals surface area contributed by atoms with Crippen LogP contribution >= 0.6 is 0 Å². The zero-order valence-corrected chi connectivity index (χ0v) is 12.8. The van der Waals surface area contributed by atoms with E-state index in [0.717, 1.165) is 22.3 Å². The molecule has 0 saturated carbocycles. The zero-order valence-electron chi connectivity index (χ0n) is 12.8. The van der Waals surface area contributed by atoms with Crippen LogP contribution in [0.4, 0.5) is 0 Å². The van der Waals surface area contributed by atoms with E-state index in [9.17, 15) is 4.79 Å². The predicted octanol–water partition coefficient (Wildman–Crippen LogP) is 5.06. The van der Waals surface area contributed by atoms with Crippen molar-refractivity contribution in [3.63, 3.8) is 0 Å². The van der Waals surface area contributed by atoms with Crippen molar-refractivity contribution in [2.45, 2.75) is 20.8 Å². The molecule has 0 atom stereocenters. The van der Waals surface area contributed by atoms with Gasteiger partial charge >= 0.3 is 0 Å². The molecule has 0 spiro atoms. The van der Waals surface area contributed by atoms with Crippen LogP contribution in [0.1, 0.15) is 32.6 Å². The molecule has 21 heavy (non-hydrogen) atoms. The highest BCUT2D eigenvalue weighted by molar-refractivity contribution is 6.06. The Morgan fingerprint density at radius 2 is 1.52 bits per heavy atom. The maximum absolute atomic E-state index is 12.3. The van der Waals surface area contributed by atoms with E-state index in [2.05, 4.69) is 0 Å². The molecule has 0 saturated heterocycles. The molecule has 1 heteroatoms. The van der Waals surface area contributed by atoms with Crippen molar-refractivity contribution >= 4 is 11.9 Å². The third-order valence-electron chi connectivity index (χ3n) is 3.37. The molecule has 106 valence electrons. The number of hydrogen-bond acceptors (Lipinski definition) is 1. The maximum atomic E-state index is 12.3. The second-order valence-electron chi connectivity index (χ2n) is 5.27. The van der Waals surface area contributed by atoms with Gasteiger partial charge in [-0.1, -0.05) is 66.3 Å². The number of ketones is 1. The highest BCUT2D eigenvalue weighted by atomic mass is 16.1. The fourth-order valence-electron chi connectivity index (χ4n) is 2.53. The molecule has 0 aliphatic heterocycles. The third-order valence-corrected chi connectivity index (χ3v) is 3.37. The first-order chi connectivity index (χ1) is 10.1. The van der Waals surface area contributed by atoms with Gasteiger partial charge in [-0.15, -0.1) is 0 Å². The number of carbonyl (C=O) groups excluding carboxylic acids is 1. The topological polar surface area (TPSA) is 17.1 Å². The summed E-state index contributed by atoms with van der Waals surface area (Å²) in [4.78, 5) is 12.3. The molecule has 0 amide bonds. The number of carbonyl (C=O) groups is 1. The summed E-state index contributed by atoms with van der Waals surface area (Å²) in [5.41, 5.74) is 5.19. The van der Waals surface area contributed by atoms with Gasteiger partial charge < -0.3 is 0 Å². The smallest absolute Gasteiger partial charge is 0.186 e. The molecule has 0 radical (unpaired) electrons. The average molecular weight is 276 g/mol. The van der Waals surface area contributed by atoms with Gasteiger partial charge in [-0.25, -0.2) is 0 Å². The van der Waals surface area contributed by atoms with Crippen molar-refractivity contribution in [2.24, 2.45) is 0 Å². The van der Waals surface area contributed by atoms with Gasteiger partial charge in [0.25, 0.3) is 0 Å². The molecule has 2 aromatic carbocycles. The molecule has 0 N–H and O–H groups in total. The van der Waals surface area contributed by atoms with Crippen molar-refractivity contribution in [2.75, 3.05) is 0 Å². The summed E-state index contributed by atoms with van der Waals surface area (Å²) >= 11 is 0. The van der Waals surface area contributed by atoms with E-state index in [1.807, 2.05) is 75.4 Å². The molecule has 0 unspecified atom stereocenters. The normalized spacial score (nSPS) is 11.4. The van der Waals surface area contributed by atoms with Gasteiger partial charge in [0.2, 0.25) is 0 Å². The van der Waals surface area contributed by atoms with Gasteiger partial charge in [0, 0.05) is 5.56 Å². The molecule has 2 rings (SSSR count). The fourth-order valence-corrected chi connectivity index (χ4v) is 2.53. The van der Waals surface area contributed by atoms with E-state index in [4.69, 9.17) is 0 Å². The van der Waals surface area contributed by atoms with Crippen molar-refractivity contribution in [1.29, 1.82) is 0 Å². The summed E-state index contributed by atoms with van der Waals surface area (Å²) in [6.45, 7) is 6.02. The lowest BCUT2D eigenvalue weighted by molar-refractivity contribution is 0.104. The quantitative estimate of drug-likeness (QED) is 0.433. The molecule has 1 nitrogen and oxygen atoms in total. The summed E-state index contributed by atoms with van der Waals surface area (Å²) in [7, 11) is 0. The van der Waals surface area contributed by atoms with Crippen LogP contribution in [0.15, 0.2) is 60.7 Å². The highest BCUT2D eigenvalue weighted by Gasteiger charge is 2.09. The lowest BCUT2D eigenvalue weighted by atomic mass is 9.96. The van der Waals surface area contributed by atoms with E-state index in [-0.39, 0.29) is 5.78 Å². The van der Waals surface area contributed by atoms with Gasteiger partial charge in [-0.2, -0.15) is 0 Å². The Labute approximate surface area is 126 Å². The molecular weight excluding hydrogens is 256 g/mol. The third kappa shape index (κ3) is 4.03. The Kier molecular flexibility index (Phi) is 4.89. The van der Waals surface area contributed by atoms with Crippen LogP contribution in [0.3, 0.4) is 0 Å². The molecule has 0 fully saturated rings. The number of benzene rings is 2. The van der Waals surface area contributed by atoms with E-state index in [1.54, 1.807) is 12.2 Å². The Balaban J connectivity index is 2.12. The summed E-state index contributed by atoms with van der Waals surface area (Å²) < 4.78 is 0. The average Bonchev–Trinajstić information content (AvgIpc) is 2.43. The van der Waals surface area contributed by atoms with Crippen molar-refractivity contribution in [3.05, 3.63) is 88.5 Å². The second kappa shape index (κ2) is 6.85. The molecule has 0 heterocycles. The van der Waals surface area contributed by atoms with Crippen molar-refractivity contribution in [1.82, 2.24) is 0 Å². The first kappa shape index (κ1) is 15.0. The maximum Gasteiger partial charge on any atom is 0.186 e. The molecule has 2 aromatic rings. The van der Waals surface area contributed by atoms with Crippen molar-refractivity contribution in [3.8, 4) is 0 Å². The van der Waals surface area contributed by atoms with Crippen LogP contribution in [0.2, 0.25) is 0 Å². The van der Waals surface area contributed by atoms with E-state index in [1.165, 1.54) is 5.56 Å². The lowest BCUT2D eigenvalue weighted by Crippen LogP contribution is -2.01. The van der Waals surface area contributed by atoms with Crippen LogP contribution in [0, 0.1) is 20.8 Å². The van der Waals surface area contributed by atoms with Gasteiger partial charge in [-0.05, 0) is 43.5 Å². The molecular formula is C20H20O. The summed E-state index contributed by atoms with van der Waals surface area (Å²) in [6.07, 6.45) is 7.31. The minimum Gasteiger partial charge on any atom is -0.289 e. The number of aryl methyl sites for hydroxylation is 3. The first-order valence-electron chi connectivity index (χ1n) is 7.10. The van der Waals surface area contributed by atoms with Crippen LogP contribution in [0.25, 0.3) is 6.08 Å². The summed E-state index contributed by atoms with van der Waals surface area (Å²) in [6, 6.07) is 14.1. The largest absolute Gasteiger partial charge is 0.289 e. The fraction of sp³-hybridized carbons (Fsp3) is 0.150. The highest BCUT2D eigenvalue weighted by Crippen LogP contribution is 2.17. The Morgan fingerprint density at radius 1 is 0.905 bits per heavy atom. The van der Waals surface area contributed by atoms with E-state index >= 15 is 0 Å². The number of rotatable bonds is 4. The van der Waals surface area contributed by atoms with Gasteiger partial charge in [0.15, 0.2) is 5.78 Å². The minimum atomic E-state index is 0.0581. The summed E-state index contributed by atoms with van der Waals surface area (Å²) in [5, 5.41) is 0. The monoisotopic (exact) mass is 276 g/mol. The van der Waals surface area contributed by atoms with Crippen LogP contribution in [0.5, 0.6) is 0 Å². The second-order valence-corrected chi connectivity index (χ2v) is 5.27. The van der Waals surface area contributed by atoms with E-state index in [0.29, 0.717) is 0 Å². The van der Waals surface area contributed by atoms with Gasteiger partial charge in [0.1, 0.15) is 0 Å². The molecule has 0 bridgehead atoms. The summed E-state index contributed by atoms with van der Waals surface area (Å²) in [5.74, 6) is 0.0581. The van der Waals surface area contributed by atoms with Gasteiger partial charge in [-0.3, -0.25) is 4.79 Å².